The third kappa shape index (κ3) is 1.60. The molecule has 2 heteroatoms. The van der Waals surface area contributed by atoms with Crippen molar-refractivity contribution in [1.29, 1.82) is 0 Å². The topological polar surface area (TPSA) is 17.8 Å². The van der Waals surface area contributed by atoms with Gasteiger partial charge in [-0.2, -0.15) is 5.10 Å². The predicted octanol–water partition coefficient (Wildman–Crippen LogP) is 1.96. The Morgan fingerprint density at radius 3 is 3.00 bits per heavy atom. The smallest absolute Gasteiger partial charge is 0.102 e. The first kappa shape index (κ1) is 8.37. The van der Waals surface area contributed by atoms with Crippen molar-refractivity contribution in [1.82, 2.24) is 9.78 Å². The van der Waals surface area contributed by atoms with Crippen molar-refractivity contribution in [3.8, 4) is 11.8 Å². The van der Waals surface area contributed by atoms with Crippen LogP contribution in [-0.4, -0.2) is 9.78 Å². The second-order valence-electron chi connectivity index (χ2n) is 3.89. The van der Waals surface area contributed by atoms with E-state index in [1.807, 2.05) is 17.8 Å². The molecule has 1 aromatic heterocycles. The van der Waals surface area contributed by atoms with E-state index in [0.29, 0.717) is 12.0 Å². The Bertz CT molecular complexity index is 361. The van der Waals surface area contributed by atoms with E-state index < -0.39 is 0 Å². The summed E-state index contributed by atoms with van der Waals surface area (Å²) in [7, 11) is 0. The first-order valence-electron chi connectivity index (χ1n) is 4.68. The lowest BCUT2D eigenvalue weighted by Crippen LogP contribution is -2.03. The number of hydrogen-bond donors (Lipinski definition) is 0. The van der Waals surface area contributed by atoms with Gasteiger partial charge in [0.05, 0.1) is 5.69 Å². The Kier molecular flexibility index (Phi) is 1.88. The zero-order chi connectivity index (χ0) is 9.31. The van der Waals surface area contributed by atoms with Gasteiger partial charge >= 0.3 is 0 Å². The van der Waals surface area contributed by atoms with Crippen LogP contribution in [0.4, 0.5) is 0 Å². The number of hydrogen-bond acceptors (Lipinski definition) is 1. The van der Waals surface area contributed by atoms with Crippen LogP contribution in [0.5, 0.6) is 0 Å². The molecule has 2 nitrogen and oxygen atoms in total. The highest BCUT2D eigenvalue weighted by Gasteiger charge is 2.40. The van der Waals surface area contributed by atoms with Gasteiger partial charge in [-0.15, -0.1) is 5.92 Å². The molecule has 0 bridgehead atoms. The molecule has 1 aliphatic carbocycles. The van der Waals surface area contributed by atoms with E-state index >= 15 is 0 Å². The molecule has 2 rings (SSSR count). The van der Waals surface area contributed by atoms with Gasteiger partial charge in [0.25, 0.3) is 0 Å². The second kappa shape index (κ2) is 2.92. The fraction of sp³-hybridized carbons (Fsp3) is 0.545. The molecule has 1 fully saturated rings. The molecule has 0 aromatic carbocycles. The fourth-order valence-electron chi connectivity index (χ4n) is 1.38. The highest BCUT2D eigenvalue weighted by Crippen LogP contribution is 2.46. The Morgan fingerprint density at radius 2 is 2.38 bits per heavy atom. The van der Waals surface area contributed by atoms with Crippen LogP contribution < -0.4 is 0 Å². The molecule has 0 spiro atoms. The highest BCUT2D eigenvalue weighted by molar-refractivity contribution is 5.21. The molecule has 0 amide bonds. The first-order chi connectivity index (χ1) is 6.24. The zero-order valence-corrected chi connectivity index (χ0v) is 8.17. The van der Waals surface area contributed by atoms with Gasteiger partial charge in [0.15, 0.2) is 0 Å². The van der Waals surface area contributed by atoms with Crippen LogP contribution in [0.1, 0.15) is 32.4 Å². The van der Waals surface area contributed by atoms with Crippen molar-refractivity contribution in [3.05, 3.63) is 18.0 Å². The lowest BCUT2D eigenvalue weighted by atomic mass is 10.1. The zero-order valence-electron chi connectivity index (χ0n) is 8.17. The lowest BCUT2D eigenvalue weighted by Gasteiger charge is -2.01. The van der Waals surface area contributed by atoms with Gasteiger partial charge in [-0.3, -0.25) is 4.68 Å². The van der Waals surface area contributed by atoms with Crippen LogP contribution in [-0.2, 0) is 12.0 Å². The summed E-state index contributed by atoms with van der Waals surface area (Å²) in [5, 5.41) is 4.50. The van der Waals surface area contributed by atoms with Gasteiger partial charge in [0.1, 0.15) is 6.54 Å². The van der Waals surface area contributed by atoms with E-state index in [4.69, 9.17) is 0 Å². The van der Waals surface area contributed by atoms with Gasteiger partial charge in [-0.25, -0.2) is 0 Å². The molecule has 68 valence electrons. The van der Waals surface area contributed by atoms with Crippen molar-refractivity contribution >= 4 is 0 Å². The molecule has 1 aliphatic rings. The van der Waals surface area contributed by atoms with Crippen LogP contribution in [0.3, 0.4) is 0 Å². The molecule has 1 heterocycles. The normalized spacial score (nSPS) is 17.7. The van der Waals surface area contributed by atoms with Gasteiger partial charge in [0.2, 0.25) is 0 Å². The highest BCUT2D eigenvalue weighted by atomic mass is 15.3. The molecule has 0 saturated heterocycles. The molecule has 1 aromatic rings. The maximum absolute atomic E-state index is 4.50. The third-order valence-electron chi connectivity index (χ3n) is 2.68. The van der Waals surface area contributed by atoms with Crippen molar-refractivity contribution in [2.24, 2.45) is 0 Å². The summed E-state index contributed by atoms with van der Waals surface area (Å²) in [6, 6.07) is 2.12. The van der Waals surface area contributed by atoms with E-state index in [-0.39, 0.29) is 0 Å². The van der Waals surface area contributed by atoms with E-state index in [1.165, 1.54) is 18.5 Å². The molecule has 0 atom stereocenters. The van der Waals surface area contributed by atoms with E-state index in [9.17, 15) is 0 Å². The summed E-state index contributed by atoms with van der Waals surface area (Å²) in [4.78, 5) is 0. The maximum atomic E-state index is 4.50. The van der Waals surface area contributed by atoms with E-state index in [1.54, 1.807) is 0 Å². The minimum atomic E-state index is 0.380. The Hall–Kier alpha value is -1.23. The van der Waals surface area contributed by atoms with E-state index in [0.717, 1.165) is 0 Å². The van der Waals surface area contributed by atoms with Gasteiger partial charge in [-0.05, 0) is 25.8 Å². The first-order valence-corrected chi connectivity index (χ1v) is 4.68. The standard InChI is InChI=1S/C11H14N2/c1-3-4-8-13-9-5-10(12-13)11(2)6-7-11/h5,9H,6-8H2,1-2H3. The van der Waals surface area contributed by atoms with Crippen LogP contribution in [0.2, 0.25) is 0 Å². The molecule has 0 aliphatic heterocycles. The maximum Gasteiger partial charge on any atom is 0.102 e. The van der Waals surface area contributed by atoms with Crippen LogP contribution in [0.15, 0.2) is 12.3 Å². The molecule has 1 saturated carbocycles. The summed E-state index contributed by atoms with van der Waals surface area (Å²) in [5.41, 5.74) is 1.61. The summed E-state index contributed by atoms with van der Waals surface area (Å²) >= 11 is 0. The van der Waals surface area contributed by atoms with Crippen molar-refractivity contribution in [3.63, 3.8) is 0 Å². The molecular formula is C11H14N2. The molecule has 0 N–H and O–H groups in total. The SMILES string of the molecule is CC#CCn1ccc(C2(C)CC2)n1. The van der Waals surface area contributed by atoms with Gasteiger partial charge in [-0.1, -0.05) is 12.8 Å². The van der Waals surface area contributed by atoms with Crippen molar-refractivity contribution in [2.75, 3.05) is 0 Å². The minimum Gasteiger partial charge on any atom is -0.260 e. The number of rotatable bonds is 2. The average Bonchev–Trinajstić information content (AvgIpc) is 2.69. The van der Waals surface area contributed by atoms with Crippen LogP contribution in [0.25, 0.3) is 0 Å². The Labute approximate surface area is 79.0 Å². The Morgan fingerprint density at radius 1 is 1.62 bits per heavy atom. The lowest BCUT2D eigenvalue weighted by molar-refractivity contribution is 0.657. The van der Waals surface area contributed by atoms with Crippen molar-refractivity contribution < 1.29 is 0 Å². The van der Waals surface area contributed by atoms with Crippen molar-refractivity contribution in [2.45, 2.75) is 38.6 Å². The summed E-state index contributed by atoms with van der Waals surface area (Å²) in [5.74, 6) is 5.87. The monoisotopic (exact) mass is 174 g/mol. The van der Waals surface area contributed by atoms with Crippen LogP contribution in [0, 0.1) is 11.8 Å². The third-order valence-corrected chi connectivity index (χ3v) is 2.68. The van der Waals surface area contributed by atoms with Gasteiger partial charge in [0, 0.05) is 11.6 Å². The second-order valence-corrected chi connectivity index (χ2v) is 3.89. The summed E-state index contributed by atoms with van der Waals surface area (Å²) in [6.45, 7) is 4.84. The largest absolute Gasteiger partial charge is 0.260 e. The van der Waals surface area contributed by atoms with Gasteiger partial charge < -0.3 is 0 Å². The number of aromatic nitrogens is 2. The minimum absolute atomic E-state index is 0.380. The predicted molar refractivity (Wildman–Crippen MR) is 52.3 cm³/mol. The van der Waals surface area contributed by atoms with E-state index in [2.05, 4.69) is 29.9 Å². The fourth-order valence-corrected chi connectivity index (χ4v) is 1.38. The number of nitrogens with zero attached hydrogens (tertiary/aromatic N) is 2. The Balaban J connectivity index is 2.12. The average molecular weight is 174 g/mol. The summed E-state index contributed by atoms with van der Waals surface area (Å²) < 4.78 is 1.91. The molecule has 0 radical (unpaired) electrons. The van der Waals surface area contributed by atoms with Crippen LogP contribution >= 0.6 is 0 Å². The quantitative estimate of drug-likeness (QED) is 0.627. The molecule has 0 unspecified atom stereocenters. The molecule has 13 heavy (non-hydrogen) atoms. The molecular weight excluding hydrogens is 160 g/mol. The summed E-state index contributed by atoms with van der Waals surface area (Å²) in [6.07, 6.45) is 4.58.